The standard InChI is InChI=1S/C37H41FN5O9PS/c1-35(2,21-50-37(24-12-6-3-7-13-24,25-14-8-4-9-15-25)26-16-10-5-11-17-26)33(47)54-19-18-53(48,49)51-22-36(20-38)29(45)28(44)32(52-36)43-23-40-27-30(43)41-34(39)42-31(27)46/h3-17,23,28-29,32,44-45H,18-22H2,1-2H3,(H,48,49)(H3,39,41,42,46)/t28-,29+,32-,36-/m1/s1. The van der Waals surface area contributed by atoms with Crippen molar-refractivity contribution in [2.24, 2.45) is 5.41 Å². The molecule has 17 heteroatoms. The molecule has 0 aliphatic carbocycles. The number of nitrogen functional groups attached to an aromatic ring is 1. The van der Waals surface area contributed by atoms with Gasteiger partial charge in [0.05, 0.1) is 31.1 Å². The van der Waals surface area contributed by atoms with Crippen LogP contribution in [0.15, 0.2) is 102 Å². The Morgan fingerprint density at radius 2 is 1.59 bits per heavy atom. The number of hydrogen-bond acceptors (Lipinski definition) is 12. The number of benzene rings is 3. The van der Waals surface area contributed by atoms with Gasteiger partial charge in [0.25, 0.3) is 5.56 Å². The zero-order chi connectivity index (χ0) is 38.7. The number of aromatic nitrogens is 4. The number of anilines is 1. The van der Waals surface area contributed by atoms with Crippen LogP contribution in [0, 0.1) is 5.41 Å². The highest BCUT2D eigenvalue weighted by Gasteiger charge is 2.56. The summed E-state index contributed by atoms with van der Waals surface area (Å²) in [6.07, 6.45) is -4.59. The fraction of sp³-hybridized carbons (Fsp3) is 0.351. The number of aliphatic hydroxyl groups is 2. The van der Waals surface area contributed by atoms with Crippen molar-refractivity contribution in [3.05, 3.63) is 124 Å². The van der Waals surface area contributed by atoms with Crippen molar-refractivity contribution < 1.29 is 42.9 Å². The maximum atomic E-state index is 14.6. The van der Waals surface area contributed by atoms with Crippen LogP contribution in [-0.4, -0.2) is 89.4 Å². The van der Waals surface area contributed by atoms with Crippen LogP contribution in [0.1, 0.15) is 36.8 Å². The van der Waals surface area contributed by atoms with Crippen LogP contribution in [0.5, 0.6) is 0 Å². The molecule has 0 spiro atoms. The van der Waals surface area contributed by atoms with Gasteiger partial charge >= 0.3 is 7.60 Å². The Labute approximate surface area is 314 Å². The molecule has 286 valence electrons. The molecule has 0 amide bonds. The summed E-state index contributed by atoms with van der Waals surface area (Å²) in [5.74, 6) is -0.382. The van der Waals surface area contributed by atoms with E-state index in [-0.39, 0.29) is 34.6 Å². The third-order valence-corrected chi connectivity index (χ3v) is 12.2. The summed E-state index contributed by atoms with van der Waals surface area (Å²) < 4.78 is 46.6. The first-order valence-electron chi connectivity index (χ1n) is 17.0. The Morgan fingerprint density at radius 3 is 2.13 bits per heavy atom. The van der Waals surface area contributed by atoms with Gasteiger partial charge in [-0.2, -0.15) is 4.98 Å². The third kappa shape index (κ3) is 7.79. The SMILES string of the molecule is CC(C)(COC(c1ccccc1)(c1ccccc1)c1ccccc1)C(=O)SCCP(=O)(O)OC[C@@]1(CF)O[C@@H](n2cnc3c(=O)[nH]c(N)nc32)[C@H](O)[C@@H]1O. The lowest BCUT2D eigenvalue weighted by atomic mass is 9.79. The number of imidazole rings is 1. The Kier molecular flexibility index (Phi) is 11.6. The Morgan fingerprint density at radius 1 is 1.04 bits per heavy atom. The summed E-state index contributed by atoms with van der Waals surface area (Å²) in [6, 6.07) is 29.1. The minimum atomic E-state index is -4.49. The average molecular weight is 782 g/mol. The van der Waals surface area contributed by atoms with Crippen molar-refractivity contribution >= 4 is 41.6 Å². The highest BCUT2D eigenvalue weighted by Crippen LogP contribution is 2.47. The number of nitrogens with zero attached hydrogens (tertiary/aromatic N) is 3. The molecule has 2 aromatic heterocycles. The van der Waals surface area contributed by atoms with Crippen molar-refractivity contribution in [1.29, 1.82) is 0 Å². The Balaban J connectivity index is 1.11. The maximum absolute atomic E-state index is 14.6. The third-order valence-electron chi connectivity index (χ3n) is 9.32. The fourth-order valence-electron chi connectivity index (χ4n) is 6.31. The number of thioether (sulfide) groups is 1. The number of fused-ring (bicyclic) bond motifs is 1. The van der Waals surface area contributed by atoms with Crippen molar-refractivity contribution in [2.75, 3.05) is 37.5 Å². The molecule has 1 saturated heterocycles. The van der Waals surface area contributed by atoms with Crippen LogP contribution in [-0.2, 0) is 29.0 Å². The Hall–Kier alpha value is -4.25. The topological polar surface area (TPSA) is 212 Å². The van der Waals surface area contributed by atoms with Gasteiger partial charge in [-0.3, -0.25) is 23.7 Å². The zero-order valence-electron chi connectivity index (χ0n) is 29.4. The van der Waals surface area contributed by atoms with E-state index in [0.717, 1.165) is 39.3 Å². The van der Waals surface area contributed by atoms with Gasteiger partial charge in [0, 0.05) is 5.75 Å². The summed E-state index contributed by atoms with van der Waals surface area (Å²) in [7, 11) is -4.49. The number of carbonyl (C=O) groups is 1. The molecule has 14 nitrogen and oxygen atoms in total. The van der Waals surface area contributed by atoms with Gasteiger partial charge in [-0.15, -0.1) is 0 Å². The molecule has 6 N–H and O–H groups in total. The number of hydrogen-bond donors (Lipinski definition) is 5. The van der Waals surface area contributed by atoms with Crippen LogP contribution < -0.4 is 11.3 Å². The molecule has 5 atom stereocenters. The molecule has 3 aromatic carbocycles. The number of aliphatic hydroxyl groups excluding tert-OH is 2. The van der Waals surface area contributed by atoms with Crippen LogP contribution in [0.2, 0.25) is 0 Å². The molecular formula is C37H41FN5O9PS. The average Bonchev–Trinajstić information content (AvgIpc) is 3.70. The minimum absolute atomic E-state index is 0.00869. The van der Waals surface area contributed by atoms with Crippen LogP contribution in [0.3, 0.4) is 0 Å². The predicted octanol–water partition coefficient (Wildman–Crippen LogP) is 4.16. The molecule has 0 saturated carbocycles. The minimum Gasteiger partial charge on any atom is -0.387 e. The molecule has 6 rings (SSSR count). The van der Waals surface area contributed by atoms with E-state index < -0.39 is 67.7 Å². The molecule has 1 unspecified atom stereocenters. The lowest BCUT2D eigenvalue weighted by Crippen LogP contribution is -2.48. The quantitative estimate of drug-likeness (QED) is 0.0747. The first-order valence-corrected chi connectivity index (χ1v) is 19.7. The normalized spacial score (nSPS) is 21.6. The molecule has 1 aliphatic heterocycles. The van der Waals surface area contributed by atoms with E-state index in [2.05, 4.69) is 15.0 Å². The molecule has 54 heavy (non-hydrogen) atoms. The van der Waals surface area contributed by atoms with Crippen molar-refractivity contribution in [3.8, 4) is 0 Å². The van der Waals surface area contributed by atoms with E-state index in [1.165, 1.54) is 0 Å². The Bertz CT molecular complexity index is 2080. The van der Waals surface area contributed by atoms with Gasteiger partial charge in [-0.05, 0) is 30.5 Å². The monoisotopic (exact) mass is 781 g/mol. The first-order chi connectivity index (χ1) is 25.7. The number of nitrogens with one attached hydrogen (secondary N) is 1. The van der Waals surface area contributed by atoms with Crippen molar-refractivity contribution in [3.63, 3.8) is 0 Å². The van der Waals surface area contributed by atoms with Crippen LogP contribution in [0.25, 0.3) is 11.2 Å². The van der Waals surface area contributed by atoms with Gasteiger partial charge in [0.1, 0.15) is 24.5 Å². The highest BCUT2D eigenvalue weighted by atomic mass is 32.2. The van der Waals surface area contributed by atoms with Crippen LogP contribution in [0.4, 0.5) is 10.3 Å². The smallest absolute Gasteiger partial charge is 0.329 e. The fourth-order valence-corrected chi connectivity index (χ4v) is 8.78. The lowest BCUT2D eigenvalue weighted by molar-refractivity contribution is -0.133. The molecule has 1 aliphatic rings. The lowest BCUT2D eigenvalue weighted by Gasteiger charge is -2.38. The van der Waals surface area contributed by atoms with E-state index in [0.29, 0.717) is 0 Å². The summed E-state index contributed by atoms with van der Waals surface area (Å²) in [6.45, 7) is 1.12. The van der Waals surface area contributed by atoms with Gasteiger partial charge in [0.15, 0.2) is 28.1 Å². The van der Waals surface area contributed by atoms with E-state index in [1.54, 1.807) is 13.8 Å². The van der Waals surface area contributed by atoms with Crippen LogP contribution >= 0.6 is 19.4 Å². The number of rotatable bonds is 15. The summed E-state index contributed by atoms with van der Waals surface area (Å²) >= 11 is 0.833. The van der Waals surface area contributed by atoms with E-state index in [4.69, 9.17) is 19.7 Å². The van der Waals surface area contributed by atoms with Gasteiger partial charge in [-0.1, -0.05) is 103 Å². The molecule has 0 radical (unpaired) electrons. The number of ether oxygens (including phenoxy) is 2. The summed E-state index contributed by atoms with van der Waals surface area (Å²) in [4.78, 5) is 46.7. The van der Waals surface area contributed by atoms with E-state index >= 15 is 0 Å². The first kappa shape index (κ1) is 39.4. The predicted molar refractivity (Wildman–Crippen MR) is 200 cm³/mol. The highest BCUT2D eigenvalue weighted by molar-refractivity contribution is 8.13. The molecule has 1 fully saturated rings. The molecular weight excluding hydrogens is 740 g/mol. The number of alkyl halides is 1. The molecule has 3 heterocycles. The second-order valence-electron chi connectivity index (χ2n) is 13.6. The largest absolute Gasteiger partial charge is 0.387 e. The van der Waals surface area contributed by atoms with E-state index in [9.17, 15) is 33.7 Å². The van der Waals surface area contributed by atoms with E-state index in [1.807, 2.05) is 91.0 Å². The number of halogens is 1. The van der Waals surface area contributed by atoms with Gasteiger partial charge in [-0.25, -0.2) is 9.37 Å². The van der Waals surface area contributed by atoms with Gasteiger partial charge < -0.3 is 34.8 Å². The van der Waals surface area contributed by atoms with Crippen molar-refractivity contribution in [2.45, 2.75) is 43.5 Å². The maximum Gasteiger partial charge on any atom is 0.329 e. The van der Waals surface area contributed by atoms with Gasteiger partial charge in [0.2, 0.25) is 5.95 Å². The zero-order valence-corrected chi connectivity index (χ0v) is 31.2. The second-order valence-corrected chi connectivity index (χ2v) is 16.7. The molecule has 0 bridgehead atoms. The molecule has 5 aromatic rings. The van der Waals surface area contributed by atoms with Crippen molar-refractivity contribution in [1.82, 2.24) is 19.5 Å². The summed E-state index contributed by atoms with van der Waals surface area (Å²) in [5, 5.41) is 21.4. The number of carbonyl (C=O) groups excluding carboxylic acids is 1. The second kappa shape index (κ2) is 15.8. The number of H-pyrrole nitrogens is 1. The number of aromatic amines is 1. The number of nitrogens with two attached hydrogens (primary N) is 1. The summed E-state index contributed by atoms with van der Waals surface area (Å²) in [5.41, 5.74) is 2.95.